The molecule has 3 saturated heterocycles. The van der Waals surface area contributed by atoms with Gasteiger partial charge in [-0.1, -0.05) is 0 Å². The molecule has 3 fully saturated rings. The molecule has 0 saturated carbocycles. The molecule has 0 aromatic heterocycles. The molecule has 1 atom stereocenters. The van der Waals surface area contributed by atoms with Gasteiger partial charge in [-0.15, -0.1) is 0 Å². The zero-order valence-corrected chi connectivity index (χ0v) is 24.4. The standard InChI is InChI=1S/C22H20FN3O7S.C6H9NO2/c1-24(2)17-6-5-16(10-18(17)26(29)30)34(31,32)22-11-20(27)25(22)12-14(21(22)28)8-13-9-15(23)4-7-19(13)33-3;8-5-1-2-6(9)7-4-3-5/h4-10H,11-12H2,1-3H3;1-4H2,(H,7,9). The lowest BCUT2D eigenvalue weighted by molar-refractivity contribution is -0.384. The summed E-state index contributed by atoms with van der Waals surface area (Å²) in [6.45, 7) is 0.228. The van der Waals surface area contributed by atoms with Crippen LogP contribution in [-0.4, -0.2) is 80.8 Å². The van der Waals surface area contributed by atoms with Crippen LogP contribution in [-0.2, 0) is 29.0 Å². The fourth-order valence-electron chi connectivity index (χ4n) is 5.09. The molecule has 0 bridgehead atoms. The summed E-state index contributed by atoms with van der Waals surface area (Å²) >= 11 is 0. The summed E-state index contributed by atoms with van der Waals surface area (Å²) in [7, 11) is -0.0456. The van der Waals surface area contributed by atoms with E-state index in [1.54, 1.807) is 14.1 Å². The van der Waals surface area contributed by atoms with Crippen LogP contribution >= 0.6 is 0 Å². The Morgan fingerprint density at radius 1 is 1.09 bits per heavy atom. The highest BCUT2D eigenvalue weighted by Gasteiger charge is 2.69. The molecule has 43 heavy (non-hydrogen) atoms. The number of nitrogens with one attached hydrogen (secondary N) is 1. The number of carbonyl (C=O) groups excluding carboxylic acids is 4. The number of nitro groups is 1. The average molecular weight is 617 g/mol. The lowest BCUT2D eigenvalue weighted by atomic mass is 9.99. The van der Waals surface area contributed by atoms with Crippen molar-refractivity contribution in [3.8, 4) is 5.75 Å². The van der Waals surface area contributed by atoms with Gasteiger partial charge in [-0.2, -0.15) is 0 Å². The van der Waals surface area contributed by atoms with Crippen molar-refractivity contribution in [2.75, 3.05) is 39.2 Å². The van der Waals surface area contributed by atoms with E-state index in [1.807, 2.05) is 0 Å². The van der Waals surface area contributed by atoms with Crippen molar-refractivity contribution < 1.29 is 41.6 Å². The van der Waals surface area contributed by atoms with E-state index in [2.05, 4.69) is 5.32 Å². The van der Waals surface area contributed by atoms with Gasteiger partial charge in [-0.05, 0) is 36.4 Å². The van der Waals surface area contributed by atoms with Crippen LogP contribution in [0.25, 0.3) is 6.08 Å². The van der Waals surface area contributed by atoms with Gasteiger partial charge in [0.05, 0.1) is 29.9 Å². The molecule has 1 N–H and O–H groups in total. The molecule has 2 amide bonds. The average Bonchev–Trinajstić information content (AvgIpc) is 3.04. The summed E-state index contributed by atoms with van der Waals surface area (Å²) < 4.78 is 46.2. The Balaban J connectivity index is 0.000000403. The molecule has 2 aromatic rings. The number of halogens is 1. The highest BCUT2D eigenvalue weighted by atomic mass is 32.2. The number of anilines is 1. The van der Waals surface area contributed by atoms with Crippen molar-refractivity contribution >= 4 is 50.7 Å². The number of nitrogens with zero attached hydrogens (tertiary/aromatic N) is 3. The Hall–Kier alpha value is -4.66. The third-order valence-electron chi connectivity index (χ3n) is 7.36. The van der Waals surface area contributed by atoms with E-state index in [0.717, 1.165) is 17.0 Å². The maximum atomic E-state index is 13.8. The number of nitro benzene ring substituents is 1. The predicted molar refractivity (Wildman–Crippen MR) is 151 cm³/mol. The van der Waals surface area contributed by atoms with E-state index in [4.69, 9.17) is 4.74 Å². The Labute approximate surface area is 246 Å². The quantitative estimate of drug-likeness (QED) is 0.219. The highest BCUT2D eigenvalue weighted by Crippen LogP contribution is 2.49. The van der Waals surface area contributed by atoms with E-state index >= 15 is 0 Å². The van der Waals surface area contributed by atoms with Gasteiger partial charge in [-0.3, -0.25) is 29.3 Å². The van der Waals surface area contributed by atoms with Gasteiger partial charge in [-0.25, -0.2) is 12.8 Å². The Kier molecular flexibility index (Phi) is 8.67. The number of ketones is 2. The fourth-order valence-corrected chi connectivity index (χ4v) is 7.14. The van der Waals surface area contributed by atoms with Gasteiger partial charge in [0.15, 0.2) is 0 Å². The molecule has 0 spiro atoms. The monoisotopic (exact) mass is 616 g/mol. The molecular formula is C28H29FN4O9S. The van der Waals surface area contributed by atoms with Crippen molar-refractivity contribution in [3.63, 3.8) is 0 Å². The molecule has 0 radical (unpaired) electrons. The van der Waals surface area contributed by atoms with Crippen LogP contribution in [0.2, 0.25) is 0 Å². The number of amides is 2. The molecule has 0 aliphatic carbocycles. The second-order valence-corrected chi connectivity index (χ2v) is 12.4. The Morgan fingerprint density at radius 2 is 1.81 bits per heavy atom. The van der Waals surface area contributed by atoms with Gasteiger partial charge >= 0.3 is 0 Å². The number of β-lactam (4-membered cyclic amide) rings is 1. The van der Waals surface area contributed by atoms with E-state index in [9.17, 15) is 42.1 Å². The molecule has 228 valence electrons. The second kappa shape index (κ2) is 11.9. The highest BCUT2D eigenvalue weighted by molar-refractivity contribution is 7.93. The SMILES string of the molecule is COc1ccc(F)cc1C=C1CN2C(=O)CC2(S(=O)(=O)c2ccc(N(C)C)c([N+](=O)[O-])c2)C1=O.O=C1CCNC(=O)CC1. The summed E-state index contributed by atoms with van der Waals surface area (Å²) in [6, 6.07) is 7.01. The lowest BCUT2D eigenvalue weighted by Gasteiger charge is -2.44. The molecule has 15 heteroatoms. The van der Waals surface area contributed by atoms with Gasteiger partial charge in [0.2, 0.25) is 32.3 Å². The Bertz CT molecular complexity index is 1660. The molecule has 5 rings (SSSR count). The zero-order valence-electron chi connectivity index (χ0n) is 23.6. The molecule has 13 nitrogen and oxygen atoms in total. The number of ether oxygens (including phenoxy) is 1. The predicted octanol–water partition coefficient (Wildman–Crippen LogP) is 2.03. The van der Waals surface area contributed by atoms with Crippen LogP contribution < -0.4 is 15.0 Å². The third-order valence-corrected chi connectivity index (χ3v) is 9.68. The first kappa shape index (κ1) is 31.3. The maximum Gasteiger partial charge on any atom is 0.293 e. The van der Waals surface area contributed by atoms with Crippen LogP contribution in [0.5, 0.6) is 5.75 Å². The van der Waals surface area contributed by atoms with Gasteiger partial charge < -0.3 is 19.9 Å². The van der Waals surface area contributed by atoms with E-state index in [1.165, 1.54) is 42.4 Å². The summed E-state index contributed by atoms with van der Waals surface area (Å²) in [4.78, 5) is 57.5. The molecule has 3 aliphatic heterocycles. The molecular weight excluding hydrogens is 587 g/mol. The minimum Gasteiger partial charge on any atom is -0.496 e. The first-order valence-electron chi connectivity index (χ1n) is 13.1. The Morgan fingerprint density at radius 3 is 2.44 bits per heavy atom. The van der Waals surface area contributed by atoms with Crippen LogP contribution in [0.15, 0.2) is 46.9 Å². The lowest BCUT2D eigenvalue weighted by Crippen LogP contribution is -2.67. The smallest absolute Gasteiger partial charge is 0.293 e. The number of hydrogen-bond acceptors (Lipinski definition) is 10. The second-order valence-electron chi connectivity index (χ2n) is 10.3. The summed E-state index contributed by atoms with van der Waals surface area (Å²) in [6.07, 6.45) is 2.01. The topological polar surface area (TPSA) is 173 Å². The molecule has 2 aromatic carbocycles. The number of hydrogen-bond donors (Lipinski definition) is 1. The van der Waals surface area contributed by atoms with Crippen LogP contribution in [0.3, 0.4) is 0 Å². The molecule has 1 unspecified atom stereocenters. The van der Waals surface area contributed by atoms with E-state index < -0.39 is 54.1 Å². The normalized spacial score (nSPS) is 20.8. The number of carbonyl (C=O) groups is 4. The zero-order chi connectivity index (χ0) is 31.7. The molecule has 3 aliphatic rings. The van der Waals surface area contributed by atoms with Crippen molar-refractivity contribution in [1.82, 2.24) is 10.2 Å². The summed E-state index contributed by atoms with van der Waals surface area (Å²) in [5.41, 5.74) is -0.0815. The van der Waals surface area contributed by atoms with E-state index in [-0.39, 0.29) is 40.8 Å². The van der Waals surface area contributed by atoms with Crippen molar-refractivity contribution in [1.29, 1.82) is 0 Å². The minimum absolute atomic E-state index is 0.000787. The van der Waals surface area contributed by atoms with Gasteiger partial charge in [0.25, 0.3) is 5.69 Å². The van der Waals surface area contributed by atoms with Crippen LogP contribution in [0.1, 0.15) is 31.2 Å². The number of methoxy groups -OCH3 is 1. The maximum absolute atomic E-state index is 13.8. The number of sulfone groups is 1. The third kappa shape index (κ3) is 5.71. The van der Waals surface area contributed by atoms with Crippen LogP contribution in [0, 0.1) is 15.9 Å². The van der Waals surface area contributed by atoms with Crippen LogP contribution in [0.4, 0.5) is 15.8 Å². The van der Waals surface area contributed by atoms with Crippen molar-refractivity contribution in [2.45, 2.75) is 35.4 Å². The minimum atomic E-state index is -4.54. The number of rotatable bonds is 6. The fraction of sp³-hybridized carbons (Fsp3) is 0.357. The first-order valence-corrected chi connectivity index (χ1v) is 14.6. The van der Waals surface area contributed by atoms with Crippen molar-refractivity contribution in [3.05, 3.63) is 63.5 Å². The summed E-state index contributed by atoms with van der Waals surface area (Å²) in [5, 5.41) is 14.2. The summed E-state index contributed by atoms with van der Waals surface area (Å²) in [5.74, 6) is -1.53. The molecule has 3 heterocycles. The number of Topliss-reactive ketones (excluding diaryl/α,β-unsaturated/α-hetero) is 2. The largest absolute Gasteiger partial charge is 0.496 e. The van der Waals surface area contributed by atoms with E-state index in [0.29, 0.717) is 25.8 Å². The number of fused-ring (bicyclic) bond motifs is 1. The van der Waals surface area contributed by atoms with Gasteiger partial charge in [0.1, 0.15) is 23.0 Å². The van der Waals surface area contributed by atoms with Gasteiger partial charge in [0, 0.05) is 57.1 Å². The number of benzene rings is 2. The van der Waals surface area contributed by atoms with Crippen molar-refractivity contribution in [2.24, 2.45) is 0 Å². The first-order chi connectivity index (χ1) is 20.2.